The number of esters is 2. The second-order valence-electron chi connectivity index (χ2n) is 14.1. The molecular formula is C44H52O7. The smallest absolute Gasteiger partial charge is 0.311 e. The van der Waals surface area contributed by atoms with Crippen LogP contribution >= 0.6 is 0 Å². The highest BCUT2D eigenvalue weighted by molar-refractivity contribution is 5.79. The number of methoxy groups -OCH3 is 1. The number of ketones is 1. The molecule has 0 aliphatic carbocycles. The Bertz CT molecular complexity index is 1700. The molecule has 270 valence electrons. The van der Waals surface area contributed by atoms with Gasteiger partial charge in [-0.2, -0.15) is 0 Å². The van der Waals surface area contributed by atoms with Crippen molar-refractivity contribution in [2.45, 2.75) is 96.8 Å². The number of hydrogen-bond acceptors (Lipinski definition) is 7. The van der Waals surface area contributed by atoms with Gasteiger partial charge in [0, 0.05) is 30.6 Å². The lowest BCUT2D eigenvalue weighted by atomic mass is 9.78. The number of carbonyl (C=O) groups excluding carboxylic acids is 3. The summed E-state index contributed by atoms with van der Waals surface area (Å²) in [5.41, 5.74) is 4.04. The van der Waals surface area contributed by atoms with Crippen molar-refractivity contribution in [2.24, 2.45) is 0 Å². The summed E-state index contributed by atoms with van der Waals surface area (Å²) >= 11 is 0. The minimum absolute atomic E-state index is 0.0611. The zero-order valence-electron chi connectivity index (χ0n) is 31.0. The maximum absolute atomic E-state index is 12.4. The summed E-state index contributed by atoms with van der Waals surface area (Å²) in [5, 5.41) is 0. The molecule has 0 atom stereocenters. The van der Waals surface area contributed by atoms with Crippen LogP contribution in [0.4, 0.5) is 0 Å². The molecule has 0 unspecified atom stereocenters. The molecular weight excluding hydrogens is 640 g/mol. The Balaban J connectivity index is 1.06. The first kappa shape index (κ1) is 38.9. The van der Waals surface area contributed by atoms with Gasteiger partial charge in [0.1, 0.15) is 29.6 Å². The van der Waals surface area contributed by atoms with Gasteiger partial charge in [-0.25, -0.2) is 0 Å². The molecule has 0 radical (unpaired) electrons. The molecule has 4 aromatic rings. The van der Waals surface area contributed by atoms with Crippen molar-refractivity contribution in [2.75, 3.05) is 13.7 Å². The molecule has 7 nitrogen and oxygen atoms in total. The Hall–Kier alpha value is -4.91. The minimum atomic E-state index is -0.343. The first-order valence-electron chi connectivity index (χ1n) is 17.9. The van der Waals surface area contributed by atoms with Crippen molar-refractivity contribution in [3.05, 3.63) is 119 Å². The standard InChI is InChI=1S/C44H52O7/c1-32(45)50-40-27-19-35(20-28-40)44(4,5)34-17-25-39(26-18-34)49-31-37(46)13-11-9-7-8-10-12-14-42(47)51-41-29-21-36(22-30-41)43(2,3)33-15-23-38(48-6)24-16-33/h15-30H,7-14,31H2,1-6H3. The van der Waals surface area contributed by atoms with Gasteiger partial charge in [-0.1, -0.05) is 102 Å². The van der Waals surface area contributed by atoms with Crippen LogP contribution in [0.15, 0.2) is 97.1 Å². The maximum atomic E-state index is 12.4. The lowest BCUT2D eigenvalue weighted by Crippen LogP contribution is -2.19. The average molecular weight is 693 g/mol. The van der Waals surface area contributed by atoms with Gasteiger partial charge in [0.2, 0.25) is 0 Å². The predicted molar refractivity (Wildman–Crippen MR) is 201 cm³/mol. The number of unbranched alkanes of at least 4 members (excludes halogenated alkanes) is 5. The van der Waals surface area contributed by atoms with E-state index < -0.39 is 0 Å². The van der Waals surface area contributed by atoms with E-state index in [4.69, 9.17) is 18.9 Å². The van der Waals surface area contributed by atoms with E-state index in [0.717, 1.165) is 61.0 Å². The number of ether oxygens (including phenoxy) is 4. The van der Waals surface area contributed by atoms with Gasteiger partial charge in [0.15, 0.2) is 5.78 Å². The first-order valence-corrected chi connectivity index (χ1v) is 17.9. The Morgan fingerprint density at radius 2 is 0.863 bits per heavy atom. The quantitative estimate of drug-likeness (QED) is 0.0549. The third-order valence-electron chi connectivity index (χ3n) is 9.52. The van der Waals surface area contributed by atoms with E-state index in [0.29, 0.717) is 30.1 Å². The lowest BCUT2D eigenvalue weighted by molar-refractivity contribution is -0.134. The highest BCUT2D eigenvalue weighted by atomic mass is 16.5. The van der Waals surface area contributed by atoms with Gasteiger partial charge in [0.25, 0.3) is 0 Å². The second-order valence-corrected chi connectivity index (χ2v) is 14.1. The Labute approximate surface area is 303 Å². The van der Waals surface area contributed by atoms with Gasteiger partial charge in [0.05, 0.1) is 7.11 Å². The van der Waals surface area contributed by atoms with Crippen LogP contribution in [0.5, 0.6) is 23.0 Å². The van der Waals surface area contributed by atoms with Crippen LogP contribution in [0.1, 0.15) is 108 Å². The van der Waals surface area contributed by atoms with E-state index in [1.54, 1.807) is 19.2 Å². The number of benzene rings is 4. The highest BCUT2D eigenvalue weighted by Crippen LogP contribution is 2.35. The summed E-state index contributed by atoms with van der Waals surface area (Å²) in [6.45, 7) is 10.1. The zero-order valence-corrected chi connectivity index (χ0v) is 31.0. The molecule has 0 N–H and O–H groups in total. The predicted octanol–water partition coefficient (Wildman–Crippen LogP) is 9.95. The van der Waals surface area contributed by atoms with Crippen molar-refractivity contribution in [1.82, 2.24) is 0 Å². The number of carbonyl (C=O) groups is 3. The Kier molecular flexibility index (Phi) is 14.0. The van der Waals surface area contributed by atoms with Gasteiger partial charge in [-0.05, 0) is 83.6 Å². The Morgan fingerprint density at radius 3 is 1.29 bits per heavy atom. The summed E-state index contributed by atoms with van der Waals surface area (Å²) in [6, 6.07) is 31.2. The van der Waals surface area contributed by atoms with Crippen molar-refractivity contribution in [3.8, 4) is 23.0 Å². The third-order valence-corrected chi connectivity index (χ3v) is 9.52. The van der Waals surface area contributed by atoms with E-state index >= 15 is 0 Å². The summed E-state index contributed by atoms with van der Waals surface area (Å²) in [4.78, 5) is 36.0. The van der Waals surface area contributed by atoms with Crippen LogP contribution in [0.2, 0.25) is 0 Å². The number of rotatable bonds is 19. The highest BCUT2D eigenvalue weighted by Gasteiger charge is 2.24. The fourth-order valence-corrected chi connectivity index (χ4v) is 6.07. The molecule has 0 aromatic heterocycles. The topological polar surface area (TPSA) is 88.1 Å². The summed E-state index contributed by atoms with van der Waals surface area (Å²) < 4.78 is 21.8. The van der Waals surface area contributed by atoms with Crippen LogP contribution in [0.3, 0.4) is 0 Å². The van der Waals surface area contributed by atoms with Gasteiger partial charge < -0.3 is 18.9 Å². The van der Waals surface area contributed by atoms with Gasteiger partial charge in [-0.15, -0.1) is 0 Å². The molecule has 4 rings (SSSR count). The monoisotopic (exact) mass is 692 g/mol. The van der Waals surface area contributed by atoms with E-state index in [-0.39, 0.29) is 35.2 Å². The first-order chi connectivity index (χ1) is 24.4. The maximum Gasteiger partial charge on any atom is 0.311 e. The fourth-order valence-electron chi connectivity index (χ4n) is 6.07. The minimum Gasteiger partial charge on any atom is -0.497 e. The van der Waals surface area contributed by atoms with Gasteiger partial charge >= 0.3 is 11.9 Å². The largest absolute Gasteiger partial charge is 0.497 e. The third kappa shape index (κ3) is 11.6. The molecule has 0 fully saturated rings. The van der Waals surface area contributed by atoms with Crippen LogP contribution in [-0.4, -0.2) is 31.4 Å². The summed E-state index contributed by atoms with van der Waals surface area (Å²) in [7, 11) is 1.66. The van der Waals surface area contributed by atoms with E-state index in [2.05, 4.69) is 39.8 Å². The van der Waals surface area contributed by atoms with Crippen molar-refractivity contribution in [1.29, 1.82) is 0 Å². The Morgan fingerprint density at radius 1 is 0.490 bits per heavy atom. The average Bonchev–Trinajstić information content (AvgIpc) is 3.12. The molecule has 51 heavy (non-hydrogen) atoms. The normalized spacial score (nSPS) is 11.5. The number of hydrogen-bond donors (Lipinski definition) is 0. The summed E-state index contributed by atoms with van der Waals surface area (Å²) in [5.74, 6) is 2.11. The molecule has 0 amide bonds. The molecule has 0 bridgehead atoms. The second kappa shape index (κ2) is 18.4. The molecule has 7 heteroatoms. The molecule has 0 spiro atoms. The van der Waals surface area contributed by atoms with Crippen molar-refractivity contribution < 1.29 is 33.3 Å². The van der Waals surface area contributed by atoms with Gasteiger partial charge in [-0.3, -0.25) is 14.4 Å². The van der Waals surface area contributed by atoms with Crippen LogP contribution < -0.4 is 18.9 Å². The van der Waals surface area contributed by atoms with Crippen molar-refractivity contribution in [3.63, 3.8) is 0 Å². The summed E-state index contributed by atoms with van der Waals surface area (Å²) in [6.07, 6.45) is 6.47. The zero-order chi connectivity index (χ0) is 36.9. The van der Waals surface area contributed by atoms with E-state index in [9.17, 15) is 14.4 Å². The molecule has 4 aromatic carbocycles. The van der Waals surface area contributed by atoms with Crippen LogP contribution in [0.25, 0.3) is 0 Å². The molecule has 0 saturated carbocycles. The fraction of sp³-hybridized carbons (Fsp3) is 0.386. The lowest BCUT2D eigenvalue weighted by Gasteiger charge is -2.26. The van der Waals surface area contributed by atoms with Crippen LogP contribution in [0, 0.1) is 0 Å². The van der Waals surface area contributed by atoms with E-state index in [1.807, 2.05) is 72.8 Å². The van der Waals surface area contributed by atoms with Crippen LogP contribution in [-0.2, 0) is 25.2 Å². The van der Waals surface area contributed by atoms with Crippen molar-refractivity contribution >= 4 is 17.7 Å². The van der Waals surface area contributed by atoms with E-state index in [1.165, 1.54) is 12.5 Å². The molecule has 0 aliphatic rings. The molecule has 0 heterocycles. The molecule has 0 saturated heterocycles. The SMILES string of the molecule is COc1ccc(C(C)(C)c2ccc(OC(=O)CCCCCCCCC(=O)COc3ccc(C(C)(C)c4ccc(OC(C)=O)cc4)cc3)cc2)cc1. The molecule has 0 aliphatic heterocycles. The number of Topliss-reactive ketones (excluding diaryl/α,β-unsaturated/α-hetero) is 1.